The number of nitrogens with zero attached hydrogens (tertiary/aromatic N) is 1. The first-order chi connectivity index (χ1) is 12.0. The molecule has 0 unspecified atom stereocenters. The van der Waals surface area contributed by atoms with Crippen molar-refractivity contribution in [2.75, 3.05) is 11.9 Å². The molecule has 1 heterocycles. The Morgan fingerprint density at radius 3 is 2.16 bits per heavy atom. The van der Waals surface area contributed by atoms with E-state index in [-0.39, 0.29) is 21.7 Å². The molecule has 2 aromatic rings. The fraction of sp³-hybridized carbons (Fsp3) is 0.118. The zero-order valence-electron chi connectivity index (χ0n) is 12.7. The number of alkyl halides is 2. The molecule has 25 heavy (non-hydrogen) atoms. The predicted octanol–water partition coefficient (Wildman–Crippen LogP) is 3.24. The van der Waals surface area contributed by atoms with E-state index in [2.05, 4.69) is 5.32 Å². The third-order valence-electron chi connectivity index (χ3n) is 3.56. The van der Waals surface area contributed by atoms with Crippen LogP contribution < -0.4 is 5.32 Å². The molecule has 1 aliphatic rings. The second-order valence-electron chi connectivity index (χ2n) is 5.16. The molecule has 0 saturated carbocycles. The summed E-state index contributed by atoms with van der Waals surface area (Å²) in [5, 5.41) is 2.47. The van der Waals surface area contributed by atoms with Gasteiger partial charge in [-0.2, -0.15) is 8.78 Å². The van der Waals surface area contributed by atoms with Crippen LogP contribution >= 0.6 is 11.8 Å². The van der Waals surface area contributed by atoms with Crippen LogP contribution in [0.15, 0.2) is 53.4 Å². The number of carbonyl (C=O) groups excluding carboxylic acids is 3. The molecule has 0 atom stereocenters. The van der Waals surface area contributed by atoms with Gasteiger partial charge in [0.1, 0.15) is 6.54 Å². The van der Waals surface area contributed by atoms with E-state index in [4.69, 9.17) is 0 Å². The van der Waals surface area contributed by atoms with Crippen LogP contribution in [0.2, 0.25) is 0 Å². The minimum Gasteiger partial charge on any atom is -0.324 e. The Kier molecular flexibility index (Phi) is 4.80. The van der Waals surface area contributed by atoms with Crippen molar-refractivity contribution in [1.82, 2.24) is 4.90 Å². The molecule has 0 fully saturated rings. The van der Waals surface area contributed by atoms with E-state index in [1.165, 1.54) is 24.3 Å². The number of rotatable bonds is 5. The molecule has 0 saturated heterocycles. The lowest BCUT2D eigenvalue weighted by atomic mass is 10.1. The fourth-order valence-electron chi connectivity index (χ4n) is 2.48. The Bertz CT molecular complexity index is 822. The van der Waals surface area contributed by atoms with Crippen molar-refractivity contribution in [1.29, 1.82) is 0 Å². The standard InChI is InChI=1S/C17H12F2N2O3S/c18-17(19)25-13-8-4-3-7-12(13)20-14(22)9-21-15(23)10-5-1-2-6-11(10)16(21)24/h1-8,17H,9H2,(H,20,22). The van der Waals surface area contributed by atoms with E-state index in [0.717, 1.165) is 4.90 Å². The Morgan fingerprint density at radius 1 is 1.00 bits per heavy atom. The number of hydrogen-bond acceptors (Lipinski definition) is 4. The van der Waals surface area contributed by atoms with Gasteiger partial charge in [0.25, 0.3) is 17.6 Å². The monoisotopic (exact) mass is 362 g/mol. The van der Waals surface area contributed by atoms with Crippen LogP contribution in [-0.4, -0.2) is 34.9 Å². The molecular weight excluding hydrogens is 350 g/mol. The third-order valence-corrected chi connectivity index (χ3v) is 4.35. The minimum absolute atomic E-state index is 0.202. The number of thioether (sulfide) groups is 1. The summed E-state index contributed by atoms with van der Waals surface area (Å²) < 4.78 is 25.1. The fourth-order valence-corrected chi connectivity index (χ4v) is 3.08. The maximum Gasteiger partial charge on any atom is 0.288 e. The molecule has 1 N–H and O–H groups in total. The first-order valence-electron chi connectivity index (χ1n) is 7.26. The Morgan fingerprint density at radius 2 is 1.56 bits per heavy atom. The number of hydrogen-bond donors (Lipinski definition) is 1. The van der Waals surface area contributed by atoms with Crippen molar-refractivity contribution < 1.29 is 23.2 Å². The second-order valence-corrected chi connectivity index (χ2v) is 6.20. The van der Waals surface area contributed by atoms with Crippen molar-refractivity contribution in [3.8, 4) is 0 Å². The van der Waals surface area contributed by atoms with E-state index in [9.17, 15) is 23.2 Å². The number of carbonyl (C=O) groups is 3. The molecule has 0 bridgehead atoms. The SMILES string of the molecule is O=C(CN1C(=O)c2ccccc2C1=O)Nc1ccccc1SC(F)F. The summed E-state index contributed by atoms with van der Waals surface area (Å²) in [5.74, 6) is -4.37. The highest BCUT2D eigenvalue weighted by atomic mass is 32.2. The van der Waals surface area contributed by atoms with Gasteiger partial charge in [0, 0.05) is 4.90 Å². The van der Waals surface area contributed by atoms with E-state index in [0.29, 0.717) is 11.8 Å². The molecule has 1 aliphatic heterocycles. The van der Waals surface area contributed by atoms with Gasteiger partial charge in [-0.1, -0.05) is 36.0 Å². The molecule has 0 aliphatic carbocycles. The number of fused-ring (bicyclic) bond motifs is 1. The summed E-state index contributed by atoms with van der Waals surface area (Å²) in [6.07, 6.45) is 0. The molecule has 0 spiro atoms. The second kappa shape index (κ2) is 7.02. The summed E-state index contributed by atoms with van der Waals surface area (Å²) in [4.78, 5) is 37.7. The van der Waals surface area contributed by atoms with Gasteiger partial charge in [0.15, 0.2) is 0 Å². The van der Waals surface area contributed by atoms with Gasteiger partial charge in [-0.3, -0.25) is 19.3 Å². The Balaban J connectivity index is 1.73. The van der Waals surface area contributed by atoms with Gasteiger partial charge < -0.3 is 5.32 Å². The third kappa shape index (κ3) is 3.53. The lowest BCUT2D eigenvalue weighted by molar-refractivity contribution is -0.116. The number of anilines is 1. The summed E-state index contributed by atoms with van der Waals surface area (Å²) in [5.41, 5.74) is 0.692. The number of amides is 3. The topological polar surface area (TPSA) is 66.5 Å². The molecule has 2 aromatic carbocycles. The first-order valence-corrected chi connectivity index (χ1v) is 8.14. The number of nitrogens with one attached hydrogen (secondary N) is 1. The maximum atomic E-state index is 12.6. The van der Waals surface area contributed by atoms with E-state index >= 15 is 0 Å². The van der Waals surface area contributed by atoms with Gasteiger partial charge in [-0.25, -0.2) is 0 Å². The van der Waals surface area contributed by atoms with E-state index in [1.807, 2.05) is 0 Å². The van der Waals surface area contributed by atoms with Crippen LogP contribution in [0.5, 0.6) is 0 Å². The van der Waals surface area contributed by atoms with Gasteiger partial charge in [-0.05, 0) is 24.3 Å². The van der Waals surface area contributed by atoms with Crippen LogP contribution in [0.25, 0.3) is 0 Å². The van der Waals surface area contributed by atoms with E-state index < -0.39 is 30.0 Å². The molecule has 0 aromatic heterocycles. The van der Waals surface area contributed by atoms with Gasteiger partial charge in [0.2, 0.25) is 5.91 Å². The average Bonchev–Trinajstić information content (AvgIpc) is 2.82. The molecule has 8 heteroatoms. The molecular formula is C17H12F2N2O3S. The van der Waals surface area contributed by atoms with Crippen molar-refractivity contribution >= 4 is 35.2 Å². The number of halogens is 2. The molecule has 128 valence electrons. The zero-order valence-corrected chi connectivity index (χ0v) is 13.6. The van der Waals surface area contributed by atoms with Crippen LogP contribution in [0, 0.1) is 0 Å². The largest absolute Gasteiger partial charge is 0.324 e. The molecule has 5 nitrogen and oxygen atoms in total. The summed E-state index contributed by atoms with van der Waals surface area (Å²) in [6.45, 7) is -0.486. The van der Waals surface area contributed by atoms with Gasteiger partial charge in [0.05, 0.1) is 16.8 Å². The van der Waals surface area contributed by atoms with E-state index in [1.54, 1.807) is 24.3 Å². The van der Waals surface area contributed by atoms with Crippen LogP contribution in [0.4, 0.5) is 14.5 Å². The first kappa shape index (κ1) is 17.1. The number of benzene rings is 2. The van der Waals surface area contributed by atoms with Gasteiger partial charge >= 0.3 is 0 Å². The minimum atomic E-state index is -2.63. The normalized spacial score (nSPS) is 13.3. The number of imide groups is 1. The van der Waals surface area contributed by atoms with Crippen molar-refractivity contribution in [3.05, 3.63) is 59.7 Å². The highest BCUT2D eigenvalue weighted by molar-refractivity contribution is 7.99. The summed E-state index contributed by atoms with van der Waals surface area (Å²) in [6, 6.07) is 12.4. The smallest absolute Gasteiger partial charge is 0.288 e. The lowest BCUT2D eigenvalue weighted by Gasteiger charge is -2.15. The Labute approximate surface area is 146 Å². The predicted molar refractivity (Wildman–Crippen MR) is 88.7 cm³/mol. The van der Waals surface area contributed by atoms with Crippen molar-refractivity contribution in [2.24, 2.45) is 0 Å². The van der Waals surface area contributed by atoms with Crippen LogP contribution in [-0.2, 0) is 4.79 Å². The summed E-state index contributed by atoms with van der Waals surface area (Å²) in [7, 11) is 0. The molecule has 3 amide bonds. The van der Waals surface area contributed by atoms with Gasteiger partial charge in [-0.15, -0.1) is 0 Å². The summed E-state index contributed by atoms with van der Waals surface area (Å²) >= 11 is 0.305. The average molecular weight is 362 g/mol. The highest BCUT2D eigenvalue weighted by Crippen LogP contribution is 2.31. The Hall–Kier alpha value is -2.74. The molecule has 3 rings (SSSR count). The van der Waals surface area contributed by atoms with Crippen LogP contribution in [0.1, 0.15) is 20.7 Å². The molecule has 0 radical (unpaired) electrons. The number of para-hydroxylation sites is 1. The van der Waals surface area contributed by atoms with Crippen molar-refractivity contribution in [2.45, 2.75) is 10.7 Å². The quantitative estimate of drug-likeness (QED) is 0.655. The zero-order chi connectivity index (χ0) is 18.0. The van der Waals surface area contributed by atoms with Crippen LogP contribution in [0.3, 0.4) is 0 Å². The lowest BCUT2D eigenvalue weighted by Crippen LogP contribution is -2.37. The maximum absolute atomic E-state index is 12.6. The van der Waals surface area contributed by atoms with Crippen molar-refractivity contribution in [3.63, 3.8) is 0 Å². The highest BCUT2D eigenvalue weighted by Gasteiger charge is 2.36.